The molecule has 0 saturated heterocycles. The summed E-state index contributed by atoms with van der Waals surface area (Å²) < 4.78 is 15.5. The summed E-state index contributed by atoms with van der Waals surface area (Å²) in [6.07, 6.45) is 5.96. The summed E-state index contributed by atoms with van der Waals surface area (Å²) in [5.74, 6) is -0.289. The van der Waals surface area contributed by atoms with Gasteiger partial charge in [0, 0.05) is 0 Å². The van der Waals surface area contributed by atoms with Crippen LogP contribution in [0.2, 0.25) is 0 Å². The standard InChI is InChI=1S/C15H28O5/c1-3-5-7-14(15(17)20-9-6-4-2)13-19-12-11-18-10-8-16/h13,16H,3-12H2,1-2H3. The second kappa shape index (κ2) is 14.3. The molecule has 0 fully saturated rings. The number of unbranched alkanes of at least 4 members (excludes halogenated alkanes) is 2. The van der Waals surface area contributed by atoms with Crippen molar-refractivity contribution in [3.8, 4) is 0 Å². The fourth-order valence-corrected chi connectivity index (χ4v) is 1.41. The Labute approximate surface area is 121 Å². The molecule has 0 aromatic rings. The van der Waals surface area contributed by atoms with Crippen LogP contribution in [0.1, 0.15) is 46.0 Å². The zero-order valence-corrected chi connectivity index (χ0v) is 12.7. The normalized spacial score (nSPS) is 11.4. The fraction of sp³-hybridized carbons (Fsp3) is 0.800. The van der Waals surface area contributed by atoms with E-state index in [1.165, 1.54) is 6.26 Å². The molecule has 0 heterocycles. The van der Waals surface area contributed by atoms with E-state index in [9.17, 15) is 4.79 Å². The van der Waals surface area contributed by atoms with Crippen LogP contribution >= 0.6 is 0 Å². The highest BCUT2D eigenvalue weighted by Crippen LogP contribution is 2.10. The summed E-state index contributed by atoms with van der Waals surface area (Å²) in [5, 5.41) is 8.54. The third-order valence-electron chi connectivity index (χ3n) is 2.60. The Kier molecular flexibility index (Phi) is 13.6. The van der Waals surface area contributed by atoms with Crippen molar-refractivity contribution in [2.45, 2.75) is 46.0 Å². The highest BCUT2D eigenvalue weighted by Gasteiger charge is 2.11. The van der Waals surface area contributed by atoms with Crippen molar-refractivity contribution < 1.29 is 24.1 Å². The van der Waals surface area contributed by atoms with Crippen LogP contribution in [0.4, 0.5) is 0 Å². The van der Waals surface area contributed by atoms with Crippen LogP contribution < -0.4 is 0 Å². The van der Waals surface area contributed by atoms with Crippen molar-refractivity contribution in [2.75, 3.05) is 33.0 Å². The molecule has 0 radical (unpaired) electrons. The largest absolute Gasteiger partial charge is 0.498 e. The molecule has 0 aromatic heterocycles. The molecule has 0 aliphatic rings. The van der Waals surface area contributed by atoms with Crippen molar-refractivity contribution in [3.05, 3.63) is 11.8 Å². The van der Waals surface area contributed by atoms with Crippen LogP contribution in [0.3, 0.4) is 0 Å². The predicted molar refractivity (Wildman–Crippen MR) is 77.3 cm³/mol. The van der Waals surface area contributed by atoms with Crippen molar-refractivity contribution in [2.24, 2.45) is 0 Å². The number of hydrogen-bond acceptors (Lipinski definition) is 5. The molecule has 0 unspecified atom stereocenters. The SMILES string of the molecule is CCCCOC(=O)C(=COCCOCCO)CCCC. The molecular weight excluding hydrogens is 260 g/mol. The third kappa shape index (κ3) is 10.8. The molecule has 118 valence electrons. The Morgan fingerprint density at radius 2 is 1.80 bits per heavy atom. The van der Waals surface area contributed by atoms with Crippen LogP contribution in [0.25, 0.3) is 0 Å². The molecule has 0 aromatic carbocycles. The average molecular weight is 288 g/mol. The van der Waals surface area contributed by atoms with Gasteiger partial charge in [0.25, 0.3) is 0 Å². The molecule has 0 aliphatic heterocycles. The first-order valence-corrected chi connectivity index (χ1v) is 7.42. The minimum Gasteiger partial charge on any atom is -0.498 e. The number of aliphatic hydroxyl groups excluding tert-OH is 1. The maximum Gasteiger partial charge on any atom is 0.337 e. The molecule has 0 aliphatic carbocycles. The highest BCUT2D eigenvalue weighted by atomic mass is 16.5. The van der Waals surface area contributed by atoms with E-state index in [4.69, 9.17) is 19.3 Å². The summed E-state index contributed by atoms with van der Waals surface area (Å²) in [6.45, 7) is 5.64. The van der Waals surface area contributed by atoms with Crippen LogP contribution in [0, 0.1) is 0 Å². The minimum atomic E-state index is -0.289. The lowest BCUT2D eigenvalue weighted by molar-refractivity contribution is -0.139. The van der Waals surface area contributed by atoms with E-state index in [2.05, 4.69) is 13.8 Å². The van der Waals surface area contributed by atoms with Gasteiger partial charge in [0.15, 0.2) is 0 Å². The summed E-state index contributed by atoms with van der Waals surface area (Å²) in [6, 6.07) is 0. The molecule has 0 rings (SSSR count). The van der Waals surface area contributed by atoms with Crippen molar-refractivity contribution in [1.82, 2.24) is 0 Å². The van der Waals surface area contributed by atoms with E-state index in [1.54, 1.807) is 0 Å². The van der Waals surface area contributed by atoms with Crippen LogP contribution in [0.15, 0.2) is 11.8 Å². The van der Waals surface area contributed by atoms with Gasteiger partial charge in [-0.25, -0.2) is 4.79 Å². The number of ether oxygens (including phenoxy) is 3. The van der Waals surface area contributed by atoms with Crippen molar-refractivity contribution >= 4 is 5.97 Å². The van der Waals surface area contributed by atoms with Gasteiger partial charge in [-0.2, -0.15) is 0 Å². The van der Waals surface area contributed by atoms with Crippen LogP contribution in [-0.2, 0) is 19.0 Å². The molecular formula is C15H28O5. The van der Waals surface area contributed by atoms with E-state index >= 15 is 0 Å². The summed E-state index contributed by atoms with van der Waals surface area (Å²) in [4.78, 5) is 11.9. The van der Waals surface area contributed by atoms with Gasteiger partial charge in [-0.05, 0) is 19.3 Å². The quantitative estimate of drug-likeness (QED) is 0.244. The second-order valence-corrected chi connectivity index (χ2v) is 4.44. The first kappa shape index (κ1) is 18.9. The fourth-order valence-electron chi connectivity index (χ4n) is 1.41. The maximum atomic E-state index is 11.9. The Bertz CT molecular complexity index is 263. The number of carbonyl (C=O) groups excluding carboxylic acids is 1. The summed E-state index contributed by atoms with van der Waals surface area (Å²) >= 11 is 0. The summed E-state index contributed by atoms with van der Waals surface area (Å²) in [5.41, 5.74) is 0.574. The Morgan fingerprint density at radius 1 is 1.05 bits per heavy atom. The third-order valence-corrected chi connectivity index (χ3v) is 2.60. The first-order valence-electron chi connectivity index (χ1n) is 7.42. The Morgan fingerprint density at radius 3 is 2.45 bits per heavy atom. The molecule has 0 spiro atoms. The molecule has 0 saturated carbocycles. The number of hydrogen-bond donors (Lipinski definition) is 1. The van der Waals surface area contributed by atoms with Crippen LogP contribution in [-0.4, -0.2) is 44.1 Å². The van der Waals surface area contributed by atoms with E-state index in [0.29, 0.717) is 38.4 Å². The minimum absolute atomic E-state index is 0.00133. The predicted octanol–water partition coefficient (Wildman–Crippen LogP) is 2.43. The van der Waals surface area contributed by atoms with Crippen molar-refractivity contribution in [3.63, 3.8) is 0 Å². The van der Waals surface area contributed by atoms with E-state index < -0.39 is 0 Å². The number of aliphatic hydroxyl groups is 1. The molecule has 1 N–H and O–H groups in total. The maximum absolute atomic E-state index is 11.9. The van der Waals surface area contributed by atoms with Gasteiger partial charge in [0.1, 0.15) is 6.61 Å². The number of rotatable bonds is 13. The average Bonchev–Trinajstić information content (AvgIpc) is 2.46. The monoisotopic (exact) mass is 288 g/mol. The van der Waals surface area contributed by atoms with Crippen LogP contribution in [0.5, 0.6) is 0 Å². The lowest BCUT2D eigenvalue weighted by atomic mass is 10.1. The second-order valence-electron chi connectivity index (χ2n) is 4.44. The lowest BCUT2D eigenvalue weighted by Crippen LogP contribution is -2.11. The number of esters is 1. The lowest BCUT2D eigenvalue weighted by Gasteiger charge is -2.08. The van der Waals surface area contributed by atoms with E-state index in [-0.39, 0.29) is 12.6 Å². The first-order chi connectivity index (χ1) is 9.76. The molecule has 5 nitrogen and oxygen atoms in total. The Balaban J connectivity index is 4.06. The smallest absolute Gasteiger partial charge is 0.337 e. The molecule has 20 heavy (non-hydrogen) atoms. The molecule has 5 heteroatoms. The topological polar surface area (TPSA) is 65.0 Å². The van der Waals surface area contributed by atoms with E-state index in [0.717, 1.165) is 25.7 Å². The van der Waals surface area contributed by atoms with Gasteiger partial charge in [-0.15, -0.1) is 0 Å². The molecule has 0 atom stereocenters. The van der Waals surface area contributed by atoms with Gasteiger partial charge in [-0.1, -0.05) is 26.7 Å². The molecule has 0 bridgehead atoms. The molecule has 0 amide bonds. The van der Waals surface area contributed by atoms with Gasteiger partial charge in [0.05, 0.1) is 38.3 Å². The highest BCUT2D eigenvalue weighted by molar-refractivity contribution is 5.88. The van der Waals surface area contributed by atoms with Crippen molar-refractivity contribution in [1.29, 1.82) is 0 Å². The zero-order valence-electron chi connectivity index (χ0n) is 12.7. The van der Waals surface area contributed by atoms with Gasteiger partial charge in [-0.3, -0.25) is 0 Å². The summed E-state index contributed by atoms with van der Waals surface area (Å²) in [7, 11) is 0. The number of carbonyl (C=O) groups is 1. The van der Waals surface area contributed by atoms with Gasteiger partial charge >= 0.3 is 5.97 Å². The zero-order chi connectivity index (χ0) is 15.1. The Hall–Kier alpha value is -1.07. The van der Waals surface area contributed by atoms with Gasteiger partial charge < -0.3 is 19.3 Å². The van der Waals surface area contributed by atoms with Gasteiger partial charge in [0.2, 0.25) is 0 Å². The van der Waals surface area contributed by atoms with E-state index in [1.807, 2.05) is 0 Å².